The Kier molecular flexibility index (Phi) is 6.26. The molecule has 0 radical (unpaired) electrons. The Labute approximate surface area is 133 Å². The smallest absolute Gasteiger partial charge is 0.169 e. The maximum atomic E-state index is 9.99. The van der Waals surface area contributed by atoms with Crippen LogP contribution < -0.4 is 14.9 Å². The fraction of sp³-hybridized carbons (Fsp3) is 0.125. The van der Waals surface area contributed by atoms with E-state index in [2.05, 4.69) is 20.6 Å². The van der Waals surface area contributed by atoms with Crippen molar-refractivity contribution in [3.63, 3.8) is 0 Å². The second-order valence-electron chi connectivity index (χ2n) is 4.21. The normalized spacial score (nSPS) is 10.2. The SMILES string of the molecule is CCNS#CN/N=C/c1ccc(Oc2ccccc2)c(O)c1. The summed E-state index contributed by atoms with van der Waals surface area (Å²) in [4.78, 5) is 0. The van der Waals surface area contributed by atoms with E-state index < -0.39 is 0 Å². The maximum absolute atomic E-state index is 9.99. The molecule has 114 valence electrons. The molecule has 0 saturated carbocycles. The topological polar surface area (TPSA) is 65.9 Å². The molecule has 2 rings (SSSR count). The zero-order chi connectivity index (χ0) is 15.6. The van der Waals surface area contributed by atoms with Gasteiger partial charge in [-0.05, 0) is 47.3 Å². The molecule has 0 atom stereocenters. The lowest BCUT2D eigenvalue weighted by Gasteiger charge is -2.07. The lowest BCUT2D eigenvalue weighted by Crippen LogP contribution is -1.99. The summed E-state index contributed by atoms with van der Waals surface area (Å²) in [6.07, 6.45) is 1.59. The van der Waals surface area contributed by atoms with Gasteiger partial charge in [0, 0.05) is 6.54 Å². The lowest BCUT2D eigenvalue weighted by molar-refractivity contribution is 0.411. The van der Waals surface area contributed by atoms with Crippen LogP contribution in [0.2, 0.25) is 0 Å². The quantitative estimate of drug-likeness (QED) is 0.343. The molecular weight excluding hydrogens is 298 g/mol. The zero-order valence-electron chi connectivity index (χ0n) is 12.1. The van der Waals surface area contributed by atoms with Gasteiger partial charge in [-0.3, -0.25) is 0 Å². The second-order valence-corrected chi connectivity index (χ2v) is 4.91. The highest BCUT2D eigenvalue weighted by atomic mass is 32.1. The molecule has 5 nitrogen and oxygen atoms in total. The minimum Gasteiger partial charge on any atom is -0.504 e. The molecule has 0 fully saturated rings. The average Bonchev–Trinajstić information content (AvgIpc) is 2.54. The molecule has 6 heteroatoms. The number of phenolic OH excluding ortho intramolecular Hbond substituents is 1. The van der Waals surface area contributed by atoms with Crippen molar-refractivity contribution in [2.24, 2.45) is 5.10 Å². The number of nitrogens with one attached hydrogen (secondary N) is 2. The fourth-order valence-corrected chi connectivity index (χ4v) is 1.90. The molecule has 0 aliphatic heterocycles. The number of nitrogens with zero attached hydrogens (tertiary/aromatic N) is 1. The Morgan fingerprint density at radius 3 is 2.82 bits per heavy atom. The van der Waals surface area contributed by atoms with Gasteiger partial charge in [-0.2, -0.15) is 5.10 Å². The van der Waals surface area contributed by atoms with Gasteiger partial charge in [0.1, 0.15) is 5.75 Å². The van der Waals surface area contributed by atoms with Crippen molar-refractivity contribution >= 4 is 17.6 Å². The predicted octanol–water partition coefficient (Wildman–Crippen LogP) is 3.28. The van der Waals surface area contributed by atoms with E-state index in [1.165, 1.54) is 11.4 Å². The van der Waals surface area contributed by atoms with Crippen LogP contribution in [0.3, 0.4) is 0 Å². The molecule has 3 N–H and O–H groups in total. The highest BCUT2D eigenvalue weighted by molar-refractivity contribution is 7.86. The predicted molar refractivity (Wildman–Crippen MR) is 90.5 cm³/mol. The van der Waals surface area contributed by atoms with Gasteiger partial charge in [-0.15, -0.1) is 0 Å². The summed E-state index contributed by atoms with van der Waals surface area (Å²) in [7, 11) is 0. The fourth-order valence-electron chi connectivity index (χ4n) is 1.58. The molecule has 0 aliphatic rings. The molecule has 0 spiro atoms. The molecule has 2 aromatic carbocycles. The van der Waals surface area contributed by atoms with E-state index in [1.54, 1.807) is 24.4 Å². The first-order chi connectivity index (χ1) is 10.8. The average molecular weight is 315 g/mol. The molecular formula is C16H17N3O2S. The van der Waals surface area contributed by atoms with Crippen LogP contribution in [-0.2, 0) is 0 Å². The van der Waals surface area contributed by atoms with Gasteiger partial charge in [0.25, 0.3) is 0 Å². The van der Waals surface area contributed by atoms with Crippen LogP contribution in [0.4, 0.5) is 0 Å². The number of hydrogen-bond acceptors (Lipinski definition) is 5. The van der Waals surface area contributed by atoms with Crippen LogP contribution >= 0.6 is 11.4 Å². The number of phenols is 1. The first-order valence-corrected chi connectivity index (χ1v) is 7.59. The van der Waals surface area contributed by atoms with Crippen molar-refractivity contribution in [2.45, 2.75) is 6.92 Å². The highest BCUT2D eigenvalue weighted by Crippen LogP contribution is 2.30. The van der Waals surface area contributed by atoms with Gasteiger partial charge in [0.2, 0.25) is 0 Å². The van der Waals surface area contributed by atoms with Crippen molar-refractivity contribution in [1.29, 1.82) is 0 Å². The molecule has 0 bridgehead atoms. The molecule has 0 amide bonds. The number of ether oxygens (including phenoxy) is 1. The zero-order valence-corrected chi connectivity index (χ0v) is 12.9. The Morgan fingerprint density at radius 1 is 1.27 bits per heavy atom. The van der Waals surface area contributed by atoms with E-state index in [4.69, 9.17) is 4.74 Å². The molecule has 0 aliphatic carbocycles. The summed E-state index contributed by atoms with van der Waals surface area (Å²) in [6, 6.07) is 14.4. The number of para-hydroxylation sites is 1. The van der Waals surface area contributed by atoms with Crippen molar-refractivity contribution in [3.05, 3.63) is 54.1 Å². The molecule has 0 unspecified atom stereocenters. The lowest BCUT2D eigenvalue weighted by atomic mass is 10.2. The first kappa shape index (κ1) is 15.9. The largest absolute Gasteiger partial charge is 0.504 e. The van der Waals surface area contributed by atoms with Gasteiger partial charge in [0.05, 0.1) is 11.5 Å². The highest BCUT2D eigenvalue weighted by Gasteiger charge is 2.04. The first-order valence-electron chi connectivity index (χ1n) is 6.77. The standard InChI is InChI=1S/C16H17N3O2S/c1-2-19-22-12-18-17-11-13-8-9-16(15(20)10-13)21-14-6-4-3-5-7-14/h3-11,18-20H,2H2,1H3/b17-11+. The minimum absolute atomic E-state index is 0.0581. The Balaban J connectivity index is 1.98. The van der Waals surface area contributed by atoms with E-state index in [0.29, 0.717) is 11.5 Å². The summed E-state index contributed by atoms with van der Waals surface area (Å²) < 4.78 is 8.60. The second kappa shape index (κ2) is 8.69. The van der Waals surface area contributed by atoms with Crippen LogP contribution in [0.25, 0.3) is 0 Å². The molecule has 0 aromatic heterocycles. The summed E-state index contributed by atoms with van der Waals surface area (Å²) in [5, 5.41) is 16.7. The van der Waals surface area contributed by atoms with Crippen LogP contribution in [0.5, 0.6) is 17.2 Å². The van der Waals surface area contributed by atoms with Gasteiger partial charge < -0.3 is 9.84 Å². The molecule has 0 saturated heterocycles. The van der Waals surface area contributed by atoms with Gasteiger partial charge in [0.15, 0.2) is 11.5 Å². The van der Waals surface area contributed by atoms with Gasteiger partial charge in [-0.1, -0.05) is 25.1 Å². The van der Waals surface area contributed by atoms with E-state index in [-0.39, 0.29) is 5.75 Å². The number of aromatic hydroxyl groups is 1. The van der Waals surface area contributed by atoms with E-state index in [1.807, 2.05) is 37.3 Å². The third kappa shape index (κ3) is 5.10. The maximum Gasteiger partial charge on any atom is 0.169 e. The summed E-state index contributed by atoms with van der Waals surface area (Å²) >= 11 is 1.30. The van der Waals surface area contributed by atoms with Gasteiger partial charge in [-0.25, -0.2) is 10.1 Å². The Bertz CT molecular complexity index is 694. The Hall–Kier alpha value is -2.53. The summed E-state index contributed by atoms with van der Waals surface area (Å²) in [5.41, 5.74) is 3.40. The number of benzene rings is 2. The minimum atomic E-state index is 0.0581. The van der Waals surface area contributed by atoms with Crippen LogP contribution in [0, 0.1) is 5.31 Å². The van der Waals surface area contributed by atoms with Gasteiger partial charge >= 0.3 is 0 Å². The van der Waals surface area contributed by atoms with Crippen molar-refractivity contribution in [3.8, 4) is 22.6 Å². The van der Waals surface area contributed by atoms with E-state index >= 15 is 0 Å². The van der Waals surface area contributed by atoms with Crippen LogP contribution in [-0.4, -0.2) is 17.9 Å². The number of hydrogen-bond donors (Lipinski definition) is 3. The summed E-state index contributed by atoms with van der Waals surface area (Å²) in [5.74, 6) is 1.13. The van der Waals surface area contributed by atoms with E-state index in [0.717, 1.165) is 12.1 Å². The van der Waals surface area contributed by atoms with Crippen molar-refractivity contribution in [1.82, 2.24) is 10.1 Å². The van der Waals surface area contributed by atoms with Crippen molar-refractivity contribution in [2.75, 3.05) is 6.54 Å². The molecule has 2 aromatic rings. The summed E-state index contributed by atoms with van der Waals surface area (Å²) in [6.45, 7) is 2.85. The van der Waals surface area contributed by atoms with E-state index in [9.17, 15) is 5.11 Å². The number of hydrazone groups is 1. The molecule has 22 heavy (non-hydrogen) atoms. The van der Waals surface area contributed by atoms with Crippen LogP contribution in [0.1, 0.15) is 12.5 Å². The Morgan fingerprint density at radius 2 is 2.09 bits per heavy atom. The third-order valence-electron chi connectivity index (χ3n) is 2.55. The monoisotopic (exact) mass is 315 g/mol. The molecule has 0 heterocycles. The number of rotatable bonds is 5. The van der Waals surface area contributed by atoms with Crippen molar-refractivity contribution < 1.29 is 9.84 Å². The third-order valence-corrected chi connectivity index (χ3v) is 3.17. The van der Waals surface area contributed by atoms with Crippen LogP contribution in [0.15, 0.2) is 53.6 Å².